The summed E-state index contributed by atoms with van der Waals surface area (Å²) < 4.78 is 64.8. The van der Waals surface area contributed by atoms with Crippen molar-refractivity contribution in [2.24, 2.45) is 0 Å². The van der Waals surface area contributed by atoms with Crippen LogP contribution in [0.15, 0.2) is 24.3 Å². The first-order valence-electron chi connectivity index (χ1n) is 38.2. The average Bonchev–Trinajstić information content (AvgIpc) is 0.762. The van der Waals surface area contributed by atoms with Gasteiger partial charge in [0, 0.05) is 18.9 Å². The van der Waals surface area contributed by atoms with E-state index in [1.807, 2.05) is 6.08 Å². The lowest BCUT2D eigenvalue weighted by Gasteiger charge is -2.49. The molecule has 0 aromatic heterocycles. The molecule has 11 N–H and O–H groups in total. The number of aliphatic hydroxyl groups is 10. The van der Waals surface area contributed by atoms with Crippen molar-refractivity contribution in [3.8, 4) is 0 Å². The van der Waals surface area contributed by atoms with E-state index in [0.29, 0.717) is 12.8 Å². The monoisotopic (exact) mass is 1420 g/mol. The van der Waals surface area contributed by atoms with Gasteiger partial charge < -0.3 is 89.1 Å². The van der Waals surface area contributed by atoms with E-state index >= 15 is 0 Å². The molecule has 0 amide bonds. The van der Waals surface area contributed by atoms with Gasteiger partial charge in [0.1, 0.15) is 98.7 Å². The van der Waals surface area contributed by atoms with E-state index < -0.39 is 156 Å². The molecule has 1 saturated carbocycles. The van der Waals surface area contributed by atoms with E-state index in [2.05, 4.69) is 20.8 Å². The number of hydrogen-bond acceptors (Lipinski definition) is 23. The first kappa shape index (κ1) is 89.7. The van der Waals surface area contributed by atoms with Gasteiger partial charge in [-0.25, -0.2) is 9.36 Å². The van der Waals surface area contributed by atoms with Crippen LogP contribution in [0.2, 0.25) is 0 Å². The third-order valence-electron chi connectivity index (χ3n) is 18.8. The van der Waals surface area contributed by atoms with E-state index in [1.165, 1.54) is 160 Å². The smallest absolute Gasteiger partial charge is 0.463 e. The van der Waals surface area contributed by atoms with Crippen LogP contribution < -0.4 is 0 Å². The third kappa shape index (κ3) is 37.7. The summed E-state index contributed by atoms with van der Waals surface area (Å²) in [5.74, 6) is -2.24. The van der Waals surface area contributed by atoms with E-state index in [0.717, 1.165) is 96.0 Å². The summed E-state index contributed by atoms with van der Waals surface area (Å²) in [5, 5.41) is 110. The van der Waals surface area contributed by atoms with Crippen molar-refractivity contribution >= 4 is 25.7 Å². The lowest BCUT2D eigenvalue weighted by Crippen LogP contribution is -2.69. The predicted molar refractivity (Wildman–Crippen MR) is 370 cm³/mol. The molecule has 2 heterocycles. The van der Waals surface area contributed by atoms with Crippen molar-refractivity contribution in [1.29, 1.82) is 0 Å². The fourth-order valence-electron chi connectivity index (χ4n) is 12.6. The quantitative estimate of drug-likeness (QED) is 0.00673. The topological polar surface area (TPSA) is 374 Å². The van der Waals surface area contributed by atoms with Gasteiger partial charge in [0.05, 0.1) is 13.2 Å². The molecule has 24 nitrogen and oxygen atoms in total. The number of phosphoric ester groups is 1. The van der Waals surface area contributed by atoms with Crippen LogP contribution in [0.5, 0.6) is 0 Å². The lowest BCUT2D eigenvalue weighted by atomic mass is 9.84. The van der Waals surface area contributed by atoms with E-state index in [4.69, 9.17) is 42.2 Å². The molecule has 574 valence electrons. The number of carbonyl (C=O) groups excluding carboxylic acids is 3. The minimum atomic E-state index is -5.72. The minimum absolute atomic E-state index is 0.0279. The van der Waals surface area contributed by atoms with Gasteiger partial charge in [-0.05, 0) is 25.7 Å². The molecular weight excluding hydrogens is 1290 g/mol. The van der Waals surface area contributed by atoms with Crippen LogP contribution in [0.25, 0.3) is 0 Å². The highest BCUT2D eigenvalue weighted by molar-refractivity contribution is 7.47. The maximum atomic E-state index is 14.3. The Labute approximate surface area is 585 Å². The zero-order valence-corrected chi connectivity index (χ0v) is 60.7. The van der Waals surface area contributed by atoms with Crippen LogP contribution in [0, 0.1) is 0 Å². The molecule has 2 saturated heterocycles. The molecule has 3 aliphatic rings. The van der Waals surface area contributed by atoms with Crippen molar-refractivity contribution in [2.45, 2.75) is 395 Å². The minimum Gasteiger partial charge on any atom is -0.463 e. The zero-order valence-electron chi connectivity index (χ0n) is 59.8. The molecular formula is C73H133O24P. The molecule has 0 aromatic rings. The predicted octanol–water partition coefficient (Wildman–Crippen LogP) is 10.5. The van der Waals surface area contributed by atoms with Crippen LogP contribution in [0.4, 0.5) is 0 Å². The second-order valence-corrected chi connectivity index (χ2v) is 28.9. The van der Waals surface area contributed by atoms with Gasteiger partial charge in [0.15, 0.2) is 18.7 Å². The van der Waals surface area contributed by atoms with E-state index in [1.54, 1.807) is 6.08 Å². The first-order chi connectivity index (χ1) is 47.3. The summed E-state index contributed by atoms with van der Waals surface area (Å²) in [7, 11) is -5.72. The number of rotatable bonds is 59. The van der Waals surface area contributed by atoms with Crippen LogP contribution in [-0.4, -0.2) is 204 Å². The number of hydrogen-bond donors (Lipinski definition) is 11. The summed E-state index contributed by atoms with van der Waals surface area (Å²) in [6.45, 7) is 3.35. The molecule has 2 aliphatic heterocycles. The van der Waals surface area contributed by atoms with Gasteiger partial charge in [-0.3, -0.25) is 18.6 Å². The number of aliphatic hydroxyl groups excluding tert-OH is 10. The highest BCUT2D eigenvalue weighted by Crippen LogP contribution is 2.49. The number of ether oxygens (including phenoxy) is 7. The molecule has 0 bridgehead atoms. The lowest BCUT2D eigenvalue weighted by molar-refractivity contribution is -0.360. The van der Waals surface area contributed by atoms with Crippen molar-refractivity contribution in [3.63, 3.8) is 0 Å². The number of unbranched alkanes of at least 4 members (excludes halogenated alkanes) is 37. The molecule has 1 aliphatic carbocycles. The molecule has 18 unspecified atom stereocenters. The highest BCUT2D eigenvalue weighted by atomic mass is 31.2. The molecule has 0 aromatic carbocycles. The van der Waals surface area contributed by atoms with Gasteiger partial charge in [-0.2, -0.15) is 0 Å². The molecule has 3 fully saturated rings. The van der Waals surface area contributed by atoms with Crippen LogP contribution in [0.3, 0.4) is 0 Å². The molecule has 0 radical (unpaired) electrons. The Morgan fingerprint density at radius 2 is 0.776 bits per heavy atom. The Kier molecular flexibility index (Phi) is 50.3. The maximum Gasteiger partial charge on any atom is 0.472 e. The third-order valence-corrected chi connectivity index (χ3v) is 19.8. The molecule has 25 heteroatoms. The van der Waals surface area contributed by atoms with Crippen LogP contribution in [-0.2, 0) is 61.2 Å². The normalized spacial score (nSPS) is 27.7. The summed E-state index contributed by atoms with van der Waals surface area (Å²) in [6, 6.07) is 0. The standard InChI is InChI=1S/C73H133O24P/c1-4-7-10-13-16-19-22-25-27-29-30-33-36-38-41-44-47-57(75)89-51-54(92-59(77)49-46-43-40-37-34-31-28-26-23-20-17-14-11-8-5-2)52-91-98(87,88)97-71-69(95-72-67(85)62(80)60(78)55(50-74)93-72)65(83)64(82)66(84)70(71)96-73-68(86)63(81)61(79)56(94-73)53-90-58(76)48-45-42-39-35-32-24-21-18-15-12-9-6-3/h40,43,46,49,54-56,60-74,78-86H,4-39,41-42,44-45,47-48,50-53H2,1-3H3,(H,87,88)/b43-40+,49-46+. The van der Waals surface area contributed by atoms with Gasteiger partial charge in [0.25, 0.3) is 0 Å². The Morgan fingerprint density at radius 1 is 0.418 bits per heavy atom. The zero-order chi connectivity index (χ0) is 71.8. The second kappa shape index (κ2) is 55.0. The highest BCUT2D eigenvalue weighted by Gasteiger charge is 2.58. The van der Waals surface area contributed by atoms with Crippen molar-refractivity contribution in [3.05, 3.63) is 24.3 Å². The average molecular weight is 1430 g/mol. The summed E-state index contributed by atoms with van der Waals surface area (Å²) in [5.41, 5.74) is 0. The molecule has 3 rings (SSSR count). The summed E-state index contributed by atoms with van der Waals surface area (Å²) >= 11 is 0. The van der Waals surface area contributed by atoms with Gasteiger partial charge >= 0.3 is 25.7 Å². The number of allylic oxidation sites excluding steroid dienone is 3. The van der Waals surface area contributed by atoms with E-state index in [-0.39, 0.29) is 12.8 Å². The number of carbonyl (C=O) groups is 3. The fourth-order valence-corrected chi connectivity index (χ4v) is 13.6. The Morgan fingerprint density at radius 3 is 1.18 bits per heavy atom. The van der Waals surface area contributed by atoms with Gasteiger partial charge in [-0.1, -0.05) is 270 Å². The summed E-state index contributed by atoms with van der Waals surface area (Å²) in [6.07, 6.45) is 16.0. The van der Waals surface area contributed by atoms with Gasteiger partial charge in [0.2, 0.25) is 0 Å². The van der Waals surface area contributed by atoms with Crippen molar-refractivity contribution in [1.82, 2.24) is 0 Å². The maximum absolute atomic E-state index is 14.3. The fraction of sp³-hybridized carbons (Fsp3) is 0.904. The Bertz CT molecular complexity index is 2120. The molecule has 0 spiro atoms. The largest absolute Gasteiger partial charge is 0.472 e. The van der Waals surface area contributed by atoms with Crippen molar-refractivity contribution < 1.29 is 117 Å². The number of esters is 3. The number of phosphoric acid groups is 1. The first-order valence-corrected chi connectivity index (χ1v) is 39.7. The molecule has 98 heavy (non-hydrogen) atoms. The Balaban J connectivity index is 1.75. The Hall–Kier alpha value is -2.56. The SMILES string of the molecule is CCCCCCCCCCCCC/C=C/C=C/C(=O)OC(COC(=O)CCCCCCCCCCCCCCCCCC)COP(=O)(O)OC1C(OC2OC(CO)C(O)C(O)C2O)C(O)C(O)C(O)C1OC1OC(COC(=O)CCCCCCCCCCCCCC)C(O)C(O)C1O. The summed E-state index contributed by atoms with van der Waals surface area (Å²) in [4.78, 5) is 50.9. The van der Waals surface area contributed by atoms with Crippen LogP contribution >= 0.6 is 7.82 Å². The second-order valence-electron chi connectivity index (χ2n) is 27.4. The van der Waals surface area contributed by atoms with Gasteiger partial charge in [-0.15, -0.1) is 0 Å². The van der Waals surface area contributed by atoms with Crippen LogP contribution in [0.1, 0.15) is 290 Å². The van der Waals surface area contributed by atoms with E-state index in [9.17, 15) is 74.9 Å². The molecule has 18 atom stereocenters. The van der Waals surface area contributed by atoms with Crippen molar-refractivity contribution in [2.75, 3.05) is 26.4 Å².